The molecule has 0 bridgehead atoms. The van der Waals surface area contributed by atoms with Gasteiger partial charge in [0.15, 0.2) is 11.6 Å². The first-order chi connectivity index (χ1) is 16.6. The number of carbonyl (C=O) groups excluding carboxylic acids is 1. The molecule has 34 heavy (non-hydrogen) atoms. The van der Waals surface area contributed by atoms with Crippen LogP contribution >= 0.6 is 11.3 Å². The molecule has 0 saturated heterocycles. The van der Waals surface area contributed by atoms with E-state index in [2.05, 4.69) is 20.3 Å². The number of aromatic nitrogens is 6. The number of carbonyl (C=O) groups is 1. The van der Waals surface area contributed by atoms with E-state index in [1.807, 2.05) is 24.4 Å². The minimum Gasteiger partial charge on any atom is -0.468 e. The summed E-state index contributed by atoms with van der Waals surface area (Å²) < 4.78 is 9.03. The second-order valence-electron chi connectivity index (χ2n) is 8.06. The summed E-state index contributed by atoms with van der Waals surface area (Å²) >= 11 is 1.35. The van der Waals surface area contributed by atoms with Crippen molar-refractivity contribution in [2.75, 3.05) is 7.11 Å². The van der Waals surface area contributed by atoms with E-state index in [0.717, 1.165) is 21.4 Å². The first-order valence-electron chi connectivity index (χ1n) is 10.6. The van der Waals surface area contributed by atoms with Gasteiger partial charge in [0.25, 0.3) is 5.56 Å². The van der Waals surface area contributed by atoms with Gasteiger partial charge in [-0.2, -0.15) is 10.2 Å². The molecule has 11 heteroatoms. The number of rotatable bonds is 5. The van der Waals surface area contributed by atoms with Gasteiger partial charge in [0.1, 0.15) is 10.5 Å². The van der Waals surface area contributed by atoms with Gasteiger partial charge in [-0.1, -0.05) is 18.2 Å². The van der Waals surface area contributed by atoms with Crippen molar-refractivity contribution in [1.29, 1.82) is 0 Å². The highest BCUT2D eigenvalue weighted by molar-refractivity contribution is 7.19. The van der Waals surface area contributed by atoms with Crippen LogP contribution in [0.3, 0.4) is 0 Å². The summed E-state index contributed by atoms with van der Waals surface area (Å²) in [7, 11) is 3.14. The van der Waals surface area contributed by atoms with Gasteiger partial charge in [0.05, 0.1) is 36.8 Å². The molecular formula is C23H19N7O3S. The molecule has 0 amide bonds. The number of nitrogens with zero attached hydrogens (tertiary/aromatic N) is 6. The molecule has 0 fully saturated rings. The molecule has 1 aromatic carbocycles. The van der Waals surface area contributed by atoms with Crippen molar-refractivity contribution in [2.45, 2.75) is 19.0 Å². The topological polar surface area (TPSA) is 120 Å². The smallest absolute Gasteiger partial charge is 0.321 e. The molecule has 1 unspecified atom stereocenters. The van der Waals surface area contributed by atoms with Crippen LogP contribution in [-0.2, 0) is 29.7 Å². The Bertz CT molecular complexity index is 1660. The summed E-state index contributed by atoms with van der Waals surface area (Å²) in [5, 5.41) is 12.5. The van der Waals surface area contributed by atoms with Gasteiger partial charge in [-0.05, 0) is 17.2 Å². The fourth-order valence-corrected chi connectivity index (χ4v) is 5.67. The third kappa shape index (κ3) is 3.00. The summed E-state index contributed by atoms with van der Waals surface area (Å²) in [6.07, 6.45) is 5.13. The van der Waals surface area contributed by atoms with Crippen LogP contribution in [0, 0.1) is 0 Å². The van der Waals surface area contributed by atoms with Gasteiger partial charge in [-0.25, -0.2) is 9.67 Å². The Hall–Kier alpha value is -4.12. The zero-order valence-electron chi connectivity index (χ0n) is 18.3. The number of aromatic amines is 1. The lowest BCUT2D eigenvalue weighted by Crippen LogP contribution is -2.25. The van der Waals surface area contributed by atoms with Crippen LogP contribution in [0.25, 0.3) is 21.3 Å². The predicted octanol–water partition coefficient (Wildman–Crippen LogP) is 2.35. The van der Waals surface area contributed by atoms with Crippen molar-refractivity contribution in [3.05, 3.63) is 74.4 Å². The molecule has 0 saturated carbocycles. The highest BCUT2D eigenvalue weighted by Crippen LogP contribution is 2.36. The van der Waals surface area contributed by atoms with E-state index in [1.165, 1.54) is 23.1 Å². The van der Waals surface area contributed by atoms with Crippen LogP contribution in [0.1, 0.15) is 33.3 Å². The minimum atomic E-state index is -0.727. The number of aryl methyl sites for hydroxylation is 1. The SMILES string of the molecule is COC(=O)C(c1ccn[nH]1)c1nc2c(s1)c1cnn(Cc3cccc4c3C=NC4)c(=O)c1n2C. The van der Waals surface area contributed by atoms with E-state index in [1.54, 1.807) is 30.1 Å². The Morgan fingerprint density at radius 3 is 3.00 bits per heavy atom. The molecule has 0 radical (unpaired) electrons. The molecule has 5 aromatic rings. The van der Waals surface area contributed by atoms with E-state index in [0.29, 0.717) is 40.3 Å². The van der Waals surface area contributed by atoms with Crippen LogP contribution in [-0.4, -0.2) is 48.8 Å². The lowest BCUT2D eigenvalue weighted by atomic mass is 10.0. The second kappa shape index (κ2) is 7.73. The van der Waals surface area contributed by atoms with Crippen molar-refractivity contribution in [3.8, 4) is 0 Å². The number of hydrogen-bond acceptors (Lipinski definition) is 8. The van der Waals surface area contributed by atoms with Crippen molar-refractivity contribution < 1.29 is 9.53 Å². The standard InChI is InChI=1S/C23H19N7O3S/c1-29-18-15(10-26-30(22(18)31)11-13-5-3-4-12-8-24-9-14(12)13)19-20(29)27-21(34-19)17(23(32)33-2)16-6-7-25-28-16/h3-7,9-10,17H,8,11H2,1-2H3,(H,25,28). The normalized spacial score (nSPS) is 13.6. The second-order valence-corrected chi connectivity index (χ2v) is 9.09. The van der Waals surface area contributed by atoms with Crippen molar-refractivity contribution in [3.63, 3.8) is 0 Å². The fraction of sp³-hybridized carbons (Fsp3) is 0.217. The van der Waals surface area contributed by atoms with Gasteiger partial charge in [-0.15, -0.1) is 11.3 Å². The van der Waals surface area contributed by atoms with E-state index < -0.39 is 11.9 Å². The van der Waals surface area contributed by atoms with Crippen LogP contribution in [0.15, 0.2) is 46.4 Å². The summed E-state index contributed by atoms with van der Waals surface area (Å²) in [5.74, 6) is -1.16. The zero-order valence-corrected chi connectivity index (χ0v) is 19.2. The maximum Gasteiger partial charge on any atom is 0.321 e. The number of methoxy groups -OCH3 is 1. The van der Waals surface area contributed by atoms with Gasteiger partial charge >= 0.3 is 5.97 Å². The summed E-state index contributed by atoms with van der Waals surface area (Å²) in [6, 6.07) is 7.74. The number of nitrogens with one attached hydrogen (secondary N) is 1. The van der Waals surface area contributed by atoms with Gasteiger partial charge in [0.2, 0.25) is 0 Å². The first-order valence-corrected chi connectivity index (χ1v) is 11.4. The maximum absolute atomic E-state index is 13.4. The molecule has 10 nitrogen and oxygen atoms in total. The molecule has 6 rings (SSSR count). The molecule has 1 atom stereocenters. The molecule has 5 heterocycles. The van der Waals surface area contributed by atoms with Crippen LogP contribution in [0.4, 0.5) is 0 Å². The number of esters is 1. The average Bonchev–Trinajstić information content (AvgIpc) is 3.63. The lowest BCUT2D eigenvalue weighted by Gasteiger charge is -2.10. The molecule has 170 valence electrons. The number of H-pyrrole nitrogens is 1. The molecule has 1 N–H and O–H groups in total. The molecule has 4 aromatic heterocycles. The first kappa shape index (κ1) is 20.5. The zero-order chi connectivity index (χ0) is 23.4. The maximum atomic E-state index is 13.4. The van der Waals surface area contributed by atoms with Crippen molar-refractivity contribution >= 4 is 44.8 Å². The Kier molecular flexibility index (Phi) is 4.66. The fourth-order valence-electron chi connectivity index (χ4n) is 4.45. The molecule has 1 aliphatic heterocycles. The minimum absolute atomic E-state index is 0.197. The van der Waals surface area contributed by atoms with Crippen LogP contribution in [0.2, 0.25) is 0 Å². The third-order valence-corrected chi connectivity index (χ3v) is 7.29. The van der Waals surface area contributed by atoms with Crippen LogP contribution in [0.5, 0.6) is 0 Å². The summed E-state index contributed by atoms with van der Waals surface area (Å²) in [4.78, 5) is 35.0. The molecular weight excluding hydrogens is 454 g/mol. The Morgan fingerprint density at radius 2 is 2.21 bits per heavy atom. The largest absolute Gasteiger partial charge is 0.468 e. The van der Waals surface area contributed by atoms with Crippen molar-refractivity contribution in [1.82, 2.24) is 29.5 Å². The molecule has 0 spiro atoms. The predicted molar refractivity (Wildman–Crippen MR) is 127 cm³/mol. The van der Waals surface area contributed by atoms with E-state index in [-0.39, 0.29) is 5.56 Å². The van der Waals surface area contributed by atoms with Crippen LogP contribution < -0.4 is 5.56 Å². The summed E-state index contributed by atoms with van der Waals surface area (Å²) in [6.45, 7) is 1.02. The Labute approximate surface area is 196 Å². The van der Waals surface area contributed by atoms with Crippen molar-refractivity contribution in [2.24, 2.45) is 12.0 Å². The van der Waals surface area contributed by atoms with Gasteiger partial charge in [0, 0.05) is 30.4 Å². The number of aliphatic imine (C=N–C) groups is 1. The van der Waals surface area contributed by atoms with E-state index in [4.69, 9.17) is 9.72 Å². The molecule has 1 aliphatic rings. The van der Waals surface area contributed by atoms with E-state index >= 15 is 0 Å². The number of ether oxygens (including phenoxy) is 1. The number of thiazole rings is 1. The Morgan fingerprint density at radius 1 is 1.32 bits per heavy atom. The highest BCUT2D eigenvalue weighted by Gasteiger charge is 2.30. The average molecular weight is 474 g/mol. The van der Waals surface area contributed by atoms with E-state index in [9.17, 15) is 9.59 Å². The van der Waals surface area contributed by atoms with Gasteiger partial charge < -0.3 is 9.30 Å². The Balaban J connectivity index is 1.46. The monoisotopic (exact) mass is 473 g/mol. The lowest BCUT2D eigenvalue weighted by molar-refractivity contribution is -0.141. The number of hydrogen-bond donors (Lipinski definition) is 1. The number of fused-ring (bicyclic) bond motifs is 4. The summed E-state index contributed by atoms with van der Waals surface area (Å²) in [5.41, 5.74) is 4.75. The number of benzene rings is 1. The van der Waals surface area contributed by atoms with Gasteiger partial charge in [-0.3, -0.25) is 19.7 Å². The molecule has 0 aliphatic carbocycles. The quantitative estimate of drug-likeness (QED) is 0.391. The third-order valence-electron chi connectivity index (χ3n) is 6.15. The highest BCUT2D eigenvalue weighted by atomic mass is 32.1.